The van der Waals surface area contributed by atoms with Crippen molar-refractivity contribution in [3.05, 3.63) is 34.9 Å². The second kappa shape index (κ2) is 4.36. The standard InChI is InChI=1S/C14H21N/c1-10-3-4-13(9-11(10)2)12-5-7-14(15)8-6-12/h3,5,9,13-14H,4,6-8,15H2,1-2H3. The minimum atomic E-state index is 0.402. The van der Waals surface area contributed by atoms with Crippen LogP contribution in [0.4, 0.5) is 0 Å². The summed E-state index contributed by atoms with van der Waals surface area (Å²) in [6.07, 6.45) is 11.8. The Morgan fingerprint density at radius 2 is 1.93 bits per heavy atom. The molecule has 0 heterocycles. The fraction of sp³-hybridized carbons (Fsp3) is 0.571. The molecule has 0 aromatic rings. The summed E-state index contributed by atoms with van der Waals surface area (Å²) in [5, 5.41) is 0. The Balaban J connectivity index is 2.08. The van der Waals surface area contributed by atoms with Gasteiger partial charge in [0.05, 0.1) is 0 Å². The third kappa shape index (κ3) is 2.40. The van der Waals surface area contributed by atoms with Crippen LogP contribution in [0.15, 0.2) is 34.9 Å². The number of hydrogen-bond acceptors (Lipinski definition) is 1. The van der Waals surface area contributed by atoms with Crippen molar-refractivity contribution >= 4 is 0 Å². The van der Waals surface area contributed by atoms with E-state index in [9.17, 15) is 0 Å². The Morgan fingerprint density at radius 3 is 2.53 bits per heavy atom. The summed E-state index contributed by atoms with van der Waals surface area (Å²) in [5.74, 6) is 0.654. The lowest BCUT2D eigenvalue weighted by Crippen LogP contribution is -2.23. The van der Waals surface area contributed by atoms with E-state index in [1.165, 1.54) is 24.0 Å². The number of hydrogen-bond donors (Lipinski definition) is 1. The SMILES string of the molecule is CC1=CCC(C2=CCC(N)CC2)C=C1C. The maximum absolute atomic E-state index is 5.90. The largest absolute Gasteiger partial charge is 0.327 e. The monoisotopic (exact) mass is 203 g/mol. The smallest absolute Gasteiger partial charge is 0.00765 e. The Hall–Kier alpha value is -0.820. The highest BCUT2D eigenvalue weighted by atomic mass is 14.6. The van der Waals surface area contributed by atoms with Crippen LogP contribution in [0.3, 0.4) is 0 Å². The highest BCUT2D eigenvalue weighted by Crippen LogP contribution is 2.32. The van der Waals surface area contributed by atoms with Gasteiger partial charge in [-0.05, 0) is 39.5 Å². The minimum absolute atomic E-state index is 0.402. The summed E-state index contributed by atoms with van der Waals surface area (Å²) in [4.78, 5) is 0. The van der Waals surface area contributed by atoms with E-state index in [1.807, 2.05) is 0 Å². The van der Waals surface area contributed by atoms with Crippen molar-refractivity contribution in [2.45, 2.75) is 45.6 Å². The number of nitrogens with two attached hydrogens (primary N) is 1. The molecule has 2 rings (SSSR count). The lowest BCUT2D eigenvalue weighted by molar-refractivity contribution is 0.553. The third-order valence-corrected chi connectivity index (χ3v) is 3.71. The molecule has 82 valence electrons. The highest BCUT2D eigenvalue weighted by Gasteiger charge is 2.18. The third-order valence-electron chi connectivity index (χ3n) is 3.71. The molecule has 1 nitrogen and oxygen atoms in total. The molecule has 0 saturated carbocycles. The van der Waals surface area contributed by atoms with Crippen molar-refractivity contribution in [1.29, 1.82) is 0 Å². The normalized spacial score (nSPS) is 31.8. The van der Waals surface area contributed by atoms with Gasteiger partial charge in [0, 0.05) is 12.0 Å². The van der Waals surface area contributed by atoms with E-state index in [0.29, 0.717) is 12.0 Å². The predicted octanol–water partition coefficient (Wildman–Crippen LogP) is 3.34. The van der Waals surface area contributed by atoms with Gasteiger partial charge in [-0.25, -0.2) is 0 Å². The average Bonchev–Trinajstić information content (AvgIpc) is 2.23. The Bertz CT molecular complexity index is 333. The lowest BCUT2D eigenvalue weighted by Gasteiger charge is -2.25. The van der Waals surface area contributed by atoms with Crippen LogP contribution < -0.4 is 5.73 Å². The first-order valence-electron chi connectivity index (χ1n) is 5.97. The molecule has 0 aliphatic heterocycles. The zero-order valence-electron chi connectivity index (χ0n) is 9.79. The molecule has 1 heteroatoms. The van der Waals surface area contributed by atoms with E-state index >= 15 is 0 Å². The molecule has 0 saturated heterocycles. The second-order valence-electron chi connectivity index (χ2n) is 4.89. The minimum Gasteiger partial charge on any atom is -0.327 e. The van der Waals surface area contributed by atoms with Crippen LogP contribution in [0, 0.1) is 5.92 Å². The summed E-state index contributed by atoms with van der Waals surface area (Å²) < 4.78 is 0. The van der Waals surface area contributed by atoms with Crippen molar-refractivity contribution in [1.82, 2.24) is 0 Å². The topological polar surface area (TPSA) is 26.0 Å². The fourth-order valence-corrected chi connectivity index (χ4v) is 2.44. The molecule has 15 heavy (non-hydrogen) atoms. The molecule has 0 aromatic carbocycles. The molecule has 0 amide bonds. The van der Waals surface area contributed by atoms with E-state index in [0.717, 1.165) is 12.8 Å². The van der Waals surface area contributed by atoms with Crippen LogP contribution in [0.25, 0.3) is 0 Å². The summed E-state index contributed by atoms with van der Waals surface area (Å²) in [6.45, 7) is 4.42. The second-order valence-corrected chi connectivity index (χ2v) is 4.89. The maximum atomic E-state index is 5.90. The van der Waals surface area contributed by atoms with E-state index in [2.05, 4.69) is 32.1 Å². The van der Waals surface area contributed by atoms with Gasteiger partial charge in [0.25, 0.3) is 0 Å². The van der Waals surface area contributed by atoms with Crippen molar-refractivity contribution in [2.24, 2.45) is 11.7 Å². The van der Waals surface area contributed by atoms with E-state index in [1.54, 1.807) is 5.57 Å². The Morgan fingerprint density at radius 1 is 1.13 bits per heavy atom. The van der Waals surface area contributed by atoms with Gasteiger partial charge in [0.2, 0.25) is 0 Å². The first-order chi connectivity index (χ1) is 7.16. The van der Waals surface area contributed by atoms with Gasteiger partial charge in [-0.15, -0.1) is 0 Å². The highest BCUT2D eigenvalue weighted by molar-refractivity contribution is 5.35. The summed E-state index contributed by atoms with van der Waals surface area (Å²) in [6, 6.07) is 0.402. The molecule has 0 spiro atoms. The van der Waals surface area contributed by atoms with Crippen LogP contribution in [-0.4, -0.2) is 6.04 Å². The number of allylic oxidation sites excluding steroid dienone is 5. The molecular formula is C14H21N. The number of rotatable bonds is 1. The molecule has 0 aromatic heterocycles. The van der Waals surface area contributed by atoms with Crippen molar-refractivity contribution in [3.8, 4) is 0 Å². The van der Waals surface area contributed by atoms with Gasteiger partial charge in [0.1, 0.15) is 0 Å². The molecule has 2 aliphatic rings. The Labute approximate surface area is 92.7 Å². The predicted molar refractivity (Wildman–Crippen MR) is 65.5 cm³/mol. The summed E-state index contributed by atoms with van der Waals surface area (Å²) in [7, 11) is 0. The summed E-state index contributed by atoms with van der Waals surface area (Å²) >= 11 is 0. The van der Waals surface area contributed by atoms with Gasteiger partial charge >= 0.3 is 0 Å². The van der Waals surface area contributed by atoms with E-state index < -0.39 is 0 Å². The van der Waals surface area contributed by atoms with Gasteiger partial charge < -0.3 is 5.73 Å². The van der Waals surface area contributed by atoms with Crippen molar-refractivity contribution in [3.63, 3.8) is 0 Å². The quantitative estimate of drug-likeness (QED) is 0.650. The van der Waals surface area contributed by atoms with Gasteiger partial charge in [-0.3, -0.25) is 0 Å². The molecule has 2 unspecified atom stereocenters. The fourth-order valence-electron chi connectivity index (χ4n) is 2.44. The van der Waals surface area contributed by atoms with Crippen LogP contribution in [0.5, 0.6) is 0 Å². The van der Waals surface area contributed by atoms with Gasteiger partial charge in [-0.1, -0.05) is 34.9 Å². The lowest BCUT2D eigenvalue weighted by atomic mass is 9.81. The molecule has 2 N–H and O–H groups in total. The maximum Gasteiger partial charge on any atom is 0.00765 e. The first kappa shape index (κ1) is 10.7. The molecule has 2 atom stereocenters. The molecule has 0 bridgehead atoms. The van der Waals surface area contributed by atoms with Crippen molar-refractivity contribution < 1.29 is 0 Å². The zero-order chi connectivity index (χ0) is 10.8. The molecule has 0 radical (unpaired) electrons. The molecular weight excluding hydrogens is 182 g/mol. The molecule has 2 aliphatic carbocycles. The average molecular weight is 203 g/mol. The first-order valence-corrected chi connectivity index (χ1v) is 5.97. The Kier molecular flexibility index (Phi) is 3.11. The molecule has 0 fully saturated rings. The van der Waals surface area contributed by atoms with Crippen LogP contribution >= 0.6 is 0 Å². The van der Waals surface area contributed by atoms with Crippen LogP contribution in [-0.2, 0) is 0 Å². The van der Waals surface area contributed by atoms with E-state index in [4.69, 9.17) is 5.73 Å². The zero-order valence-corrected chi connectivity index (χ0v) is 9.79. The van der Waals surface area contributed by atoms with Crippen LogP contribution in [0.1, 0.15) is 39.5 Å². The van der Waals surface area contributed by atoms with E-state index in [-0.39, 0.29) is 0 Å². The van der Waals surface area contributed by atoms with Crippen molar-refractivity contribution in [2.75, 3.05) is 0 Å². The summed E-state index contributed by atoms with van der Waals surface area (Å²) in [5.41, 5.74) is 10.4. The van der Waals surface area contributed by atoms with Crippen LogP contribution in [0.2, 0.25) is 0 Å². The van der Waals surface area contributed by atoms with Gasteiger partial charge in [0.15, 0.2) is 0 Å². The van der Waals surface area contributed by atoms with Gasteiger partial charge in [-0.2, -0.15) is 0 Å².